The first-order valence-electron chi connectivity index (χ1n) is 11.4. The highest BCUT2D eigenvalue weighted by molar-refractivity contribution is 6.30. The van der Waals surface area contributed by atoms with Crippen LogP contribution in [0.1, 0.15) is 33.6 Å². The molecule has 0 atom stereocenters. The second-order valence-corrected chi connectivity index (χ2v) is 8.75. The van der Waals surface area contributed by atoms with Crippen LogP contribution in [0.15, 0.2) is 41.2 Å². The number of aliphatic hydroxyl groups is 1. The molecular formula is C26H27ClN4O4. The van der Waals surface area contributed by atoms with E-state index in [0.717, 1.165) is 24.2 Å². The summed E-state index contributed by atoms with van der Waals surface area (Å²) in [4.78, 5) is 28.6. The third-order valence-corrected chi connectivity index (χ3v) is 6.01. The van der Waals surface area contributed by atoms with Crippen molar-refractivity contribution in [1.82, 2.24) is 20.0 Å². The van der Waals surface area contributed by atoms with E-state index in [1.165, 1.54) is 4.68 Å². The number of morpholine rings is 1. The van der Waals surface area contributed by atoms with E-state index in [1.807, 2.05) is 24.3 Å². The predicted octanol–water partition coefficient (Wildman–Crippen LogP) is 2.08. The van der Waals surface area contributed by atoms with E-state index in [-0.39, 0.29) is 18.8 Å². The Bertz CT molecular complexity index is 1340. The number of aryl methyl sites for hydroxylation is 1. The molecule has 0 spiro atoms. The zero-order valence-corrected chi connectivity index (χ0v) is 20.3. The number of amides is 1. The summed E-state index contributed by atoms with van der Waals surface area (Å²) in [6.07, 6.45) is 0.321. The molecule has 9 heteroatoms. The molecule has 2 aromatic carbocycles. The summed E-state index contributed by atoms with van der Waals surface area (Å²) in [6.45, 7) is 3.77. The van der Waals surface area contributed by atoms with Gasteiger partial charge in [-0.1, -0.05) is 35.6 Å². The van der Waals surface area contributed by atoms with E-state index < -0.39 is 11.3 Å². The highest BCUT2D eigenvalue weighted by atomic mass is 35.5. The minimum Gasteiger partial charge on any atom is -0.395 e. The van der Waals surface area contributed by atoms with Gasteiger partial charge in [0.05, 0.1) is 36.3 Å². The van der Waals surface area contributed by atoms with Crippen LogP contribution in [-0.4, -0.2) is 58.6 Å². The van der Waals surface area contributed by atoms with Crippen molar-refractivity contribution in [2.45, 2.75) is 19.5 Å². The smallest absolute Gasteiger partial charge is 0.276 e. The number of nitrogens with one attached hydrogen (secondary N) is 1. The Kier molecular flexibility index (Phi) is 8.16. The van der Waals surface area contributed by atoms with Gasteiger partial charge in [-0.05, 0) is 35.4 Å². The van der Waals surface area contributed by atoms with E-state index in [2.05, 4.69) is 27.2 Å². The molecule has 1 aliphatic rings. The molecule has 1 saturated heterocycles. The molecule has 8 nitrogen and oxygen atoms in total. The van der Waals surface area contributed by atoms with Gasteiger partial charge in [0, 0.05) is 44.7 Å². The third kappa shape index (κ3) is 6.08. The molecule has 0 bridgehead atoms. The van der Waals surface area contributed by atoms with Crippen molar-refractivity contribution < 1.29 is 14.6 Å². The molecular weight excluding hydrogens is 468 g/mol. The van der Waals surface area contributed by atoms with Crippen molar-refractivity contribution in [2.75, 3.05) is 32.9 Å². The molecule has 2 heterocycles. The first-order valence-corrected chi connectivity index (χ1v) is 11.8. The molecule has 1 fully saturated rings. The molecule has 35 heavy (non-hydrogen) atoms. The van der Waals surface area contributed by atoms with Gasteiger partial charge in [0.1, 0.15) is 0 Å². The Hall–Kier alpha value is -3.22. The van der Waals surface area contributed by atoms with Gasteiger partial charge < -0.3 is 15.2 Å². The average Bonchev–Trinajstić information content (AvgIpc) is 2.86. The van der Waals surface area contributed by atoms with Crippen LogP contribution in [0.25, 0.3) is 10.9 Å². The molecule has 1 aromatic heterocycles. The van der Waals surface area contributed by atoms with Gasteiger partial charge in [-0.25, -0.2) is 0 Å². The maximum absolute atomic E-state index is 13.4. The highest BCUT2D eigenvalue weighted by Gasteiger charge is 2.20. The number of rotatable bonds is 6. The molecule has 1 amide bonds. The molecule has 4 rings (SSSR count). The predicted molar refractivity (Wildman–Crippen MR) is 134 cm³/mol. The van der Waals surface area contributed by atoms with Crippen molar-refractivity contribution >= 4 is 28.4 Å². The number of carbonyl (C=O) groups excluding carboxylic acids is 1. The average molecular weight is 495 g/mol. The van der Waals surface area contributed by atoms with Crippen LogP contribution in [0, 0.1) is 11.8 Å². The van der Waals surface area contributed by atoms with Crippen LogP contribution in [0.5, 0.6) is 0 Å². The van der Waals surface area contributed by atoms with Gasteiger partial charge in [-0.3, -0.25) is 19.2 Å². The van der Waals surface area contributed by atoms with Crippen LogP contribution in [0.4, 0.5) is 0 Å². The largest absolute Gasteiger partial charge is 0.395 e. The van der Waals surface area contributed by atoms with Gasteiger partial charge in [0.15, 0.2) is 5.69 Å². The highest BCUT2D eigenvalue weighted by Crippen LogP contribution is 2.20. The van der Waals surface area contributed by atoms with Crippen molar-refractivity contribution in [2.24, 2.45) is 7.05 Å². The monoisotopic (exact) mass is 494 g/mol. The van der Waals surface area contributed by atoms with Crippen molar-refractivity contribution in [3.8, 4) is 11.8 Å². The first kappa shape index (κ1) is 24.9. The molecule has 1 aliphatic heterocycles. The number of aliphatic hydroxyl groups excluding tert-OH is 1. The minimum absolute atomic E-state index is 0.0481. The summed E-state index contributed by atoms with van der Waals surface area (Å²) in [6, 6.07) is 10.9. The summed E-state index contributed by atoms with van der Waals surface area (Å²) in [5, 5.41) is 17.2. The zero-order chi connectivity index (χ0) is 24.8. The van der Waals surface area contributed by atoms with Crippen LogP contribution in [0.2, 0.25) is 5.02 Å². The number of carbonyl (C=O) groups is 1. The molecule has 3 aromatic rings. The second kappa shape index (κ2) is 11.5. The number of hydrogen-bond acceptors (Lipinski definition) is 6. The number of halogens is 1. The fraction of sp³-hybridized carbons (Fsp3) is 0.346. The van der Waals surface area contributed by atoms with E-state index in [0.29, 0.717) is 47.7 Å². The van der Waals surface area contributed by atoms with Crippen molar-refractivity contribution in [3.63, 3.8) is 0 Å². The normalized spacial score (nSPS) is 13.9. The summed E-state index contributed by atoms with van der Waals surface area (Å²) >= 11 is 5.92. The van der Waals surface area contributed by atoms with Crippen molar-refractivity contribution in [3.05, 3.63) is 74.0 Å². The Morgan fingerprint density at radius 1 is 1.20 bits per heavy atom. The number of benzene rings is 2. The van der Waals surface area contributed by atoms with Gasteiger partial charge in [-0.2, -0.15) is 5.10 Å². The molecule has 0 saturated carbocycles. The number of hydrogen-bond donors (Lipinski definition) is 2. The third-order valence-electron chi connectivity index (χ3n) is 5.75. The Morgan fingerprint density at radius 3 is 2.66 bits per heavy atom. The van der Waals surface area contributed by atoms with Gasteiger partial charge >= 0.3 is 0 Å². The van der Waals surface area contributed by atoms with Crippen LogP contribution >= 0.6 is 11.6 Å². The van der Waals surface area contributed by atoms with E-state index in [1.54, 1.807) is 19.2 Å². The summed E-state index contributed by atoms with van der Waals surface area (Å²) in [7, 11) is 1.69. The molecule has 0 aliphatic carbocycles. The fourth-order valence-electron chi connectivity index (χ4n) is 4.02. The topological polar surface area (TPSA) is 96.7 Å². The summed E-state index contributed by atoms with van der Waals surface area (Å²) < 4.78 is 6.96. The summed E-state index contributed by atoms with van der Waals surface area (Å²) in [5.74, 6) is 5.46. The maximum atomic E-state index is 13.4. The van der Waals surface area contributed by atoms with E-state index in [9.17, 15) is 9.59 Å². The lowest BCUT2D eigenvalue weighted by Crippen LogP contribution is -2.35. The Balaban J connectivity index is 1.71. The van der Waals surface area contributed by atoms with Crippen LogP contribution in [-0.2, 0) is 24.9 Å². The van der Waals surface area contributed by atoms with Crippen LogP contribution in [0.3, 0.4) is 0 Å². The Morgan fingerprint density at radius 2 is 1.94 bits per heavy atom. The Labute approximate surface area is 208 Å². The number of aromatic nitrogens is 2. The van der Waals surface area contributed by atoms with Crippen LogP contribution < -0.4 is 10.7 Å². The standard InChI is InChI=1S/C26H27ClN4O4/c1-30-24-20(4-2-3-11-32)14-19(17-31-9-12-35-13-10-31)15-22(24)25(33)23(29-30)26(34)28-16-18-5-7-21(27)8-6-18/h5-8,14-15,32H,3,9-13,16-17H2,1H3,(H,28,34). The number of nitrogens with zero attached hydrogens (tertiary/aromatic N) is 3. The molecule has 0 radical (unpaired) electrons. The van der Waals surface area contributed by atoms with Gasteiger partial charge in [0.25, 0.3) is 5.91 Å². The molecule has 2 N–H and O–H groups in total. The lowest BCUT2D eigenvalue weighted by atomic mass is 10.0. The molecule has 0 unspecified atom stereocenters. The minimum atomic E-state index is -0.547. The van der Waals surface area contributed by atoms with E-state index in [4.69, 9.17) is 21.4 Å². The molecule has 182 valence electrons. The fourth-order valence-corrected chi connectivity index (χ4v) is 4.15. The first-order chi connectivity index (χ1) is 17.0. The lowest BCUT2D eigenvalue weighted by Gasteiger charge is -2.26. The number of fused-ring (bicyclic) bond motifs is 1. The lowest BCUT2D eigenvalue weighted by molar-refractivity contribution is 0.0342. The van der Waals surface area contributed by atoms with Gasteiger partial charge in [0.2, 0.25) is 5.43 Å². The maximum Gasteiger partial charge on any atom is 0.276 e. The zero-order valence-electron chi connectivity index (χ0n) is 19.5. The quantitative estimate of drug-likeness (QED) is 0.509. The van der Waals surface area contributed by atoms with Gasteiger partial charge in [-0.15, -0.1) is 0 Å². The summed E-state index contributed by atoms with van der Waals surface area (Å²) in [5.41, 5.74) is 2.35. The second-order valence-electron chi connectivity index (χ2n) is 8.31. The SMILES string of the molecule is Cn1nc(C(=O)NCc2ccc(Cl)cc2)c(=O)c2cc(CN3CCOCC3)cc(C#CCCO)c21. The number of ether oxygens (including phenoxy) is 1. The van der Waals surface area contributed by atoms with Crippen molar-refractivity contribution in [1.29, 1.82) is 0 Å². The van der Waals surface area contributed by atoms with E-state index >= 15 is 0 Å².